The molecule has 54 valence electrons. The molecule has 9 heavy (non-hydrogen) atoms. The zero-order chi connectivity index (χ0) is 6.85. The van der Waals surface area contributed by atoms with Crippen molar-refractivity contribution in [3.63, 3.8) is 0 Å². The number of aliphatic hydroxyl groups is 3. The Morgan fingerprint density at radius 3 is 2.33 bits per heavy atom. The fourth-order valence-corrected chi connectivity index (χ4v) is 3.19. The van der Waals surface area contributed by atoms with Crippen molar-refractivity contribution < 1.29 is 15.3 Å². The van der Waals surface area contributed by atoms with Crippen molar-refractivity contribution in [2.75, 3.05) is 6.61 Å². The second kappa shape index (κ2) is 2.99. The van der Waals surface area contributed by atoms with Crippen LogP contribution in [-0.4, -0.2) is 49.1 Å². The predicted octanol–water partition coefficient (Wildman–Crippen LogP) is -1.37. The van der Waals surface area contributed by atoms with Crippen LogP contribution in [0.25, 0.3) is 0 Å². The fraction of sp³-hybridized carbons (Fsp3) is 1.00. The van der Waals surface area contributed by atoms with Crippen molar-refractivity contribution in [2.45, 2.75) is 22.3 Å². The summed E-state index contributed by atoms with van der Waals surface area (Å²) in [4.78, 5) is -0.0347. The van der Waals surface area contributed by atoms with Crippen molar-refractivity contribution in [1.29, 1.82) is 0 Å². The van der Waals surface area contributed by atoms with Crippen molar-refractivity contribution in [3.05, 3.63) is 0 Å². The van der Waals surface area contributed by atoms with Crippen LogP contribution in [0.1, 0.15) is 0 Å². The van der Waals surface area contributed by atoms with E-state index in [2.05, 4.69) is 0 Å². The SMILES string of the molecule is OCC1[Se]CC(O)C1O. The monoisotopic (exact) mass is 198 g/mol. The molecule has 3 N–H and O–H groups in total. The van der Waals surface area contributed by atoms with Gasteiger partial charge in [0, 0.05) is 0 Å². The summed E-state index contributed by atoms with van der Waals surface area (Å²) in [6, 6.07) is 0. The minimum absolute atomic E-state index is 0.0121. The Hall–Kier alpha value is 0.399. The molecule has 4 heteroatoms. The van der Waals surface area contributed by atoms with Crippen LogP contribution >= 0.6 is 0 Å². The zero-order valence-electron chi connectivity index (χ0n) is 4.90. The van der Waals surface area contributed by atoms with Crippen LogP contribution in [0.3, 0.4) is 0 Å². The summed E-state index contributed by atoms with van der Waals surface area (Å²) in [5, 5.41) is 27.3. The molecule has 1 rings (SSSR count). The molecular formula is C5H10O3Se. The topological polar surface area (TPSA) is 60.7 Å². The van der Waals surface area contributed by atoms with Crippen molar-refractivity contribution in [2.24, 2.45) is 0 Å². The Bertz CT molecular complexity index is 98.2. The first kappa shape index (κ1) is 7.51. The number of hydrogen-bond donors (Lipinski definition) is 3. The summed E-state index contributed by atoms with van der Waals surface area (Å²) in [5.41, 5.74) is 0. The molecule has 0 aromatic heterocycles. The first-order valence-corrected chi connectivity index (χ1v) is 5.04. The first-order chi connectivity index (χ1) is 4.25. The van der Waals surface area contributed by atoms with Crippen LogP contribution in [0.5, 0.6) is 0 Å². The van der Waals surface area contributed by atoms with Gasteiger partial charge in [-0.2, -0.15) is 0 Å². The van der Waals surface area contributed by atoms with E-state index in [9.17, 15) is 0 Å². The molecule has 0 amide bonds. The summed E-state index contributed by atoms with van der Waals surface area (Å²) in [6.45, 7) is 0.0121. The minimum atomic E-state index is -0.671. The van der Waals surface area contributed by atoms with Crippen molar-refractivity contribution in [1.82, 2.24) is 0 Å². The third kappa shape index (κ3) is 1.45. The van der Waals surface area contributed by atoms with Crippen molar-refractivity contribution >= 4 is 15.0 Å². The Balaban J connectivity index is 2.41. The van der Waals surface area contributed by atoms with Gasteiger partial charge in [-0.1, -0.05) is 0 Å². The van der Waals surface area contributed by atoms with Gasteiger partial charge in [-0.3, -0.25) is 0 Å². The second-order valence-corrected chi connectivity index (χ2v) is 4.78. The normalized spacial score (nSPS) is 43.7. The molecule has 0 spiro atoms. The van der Waals surface area contributed by atoms with Crippen LogP contribution in [0.2, 0.25) is 10.1 Å². The second-order valence-electron chi connectivity index (χ2n) is 2.11. The molecule has 0 aliphatic carbocycles. The summed E-state index contributed by atoms with van der Waals surface area (Å²) >= 11 is 0.230. The maximum absolute atomic E-state index is 9.06. The van der Waals surface area contributed by atoms with E-state index in [0.29, 0.717) is 5.32 Å². The molecule has 1 fully saturated rings. The van der Waals surface area contributed by atoms with Crippen LogP contribution in [-0.2, 0) is 0 Å². The Morgan fingerprint density at radius 2 is 2.11 bits per heavy atom. The van der Waals surface area contributed by atoms with Gasteiger partial charge in [0.2, 0.25) is 0 Å². The molecule has 0 radical (unpaired) electrons. The molecule has 1 heterocycles. The van der Waals surface area contributed by atoms with Gasteiger partial charge in [0.15, 0.2) is 0 Å². The molecule has 1 aliphatic heterocycles. The molecule has 3 nitrogen and oxygen atoms in total. The third-order valence-electron chi connectivity index (χ3n) is 1.44. The molecule has 1 saturated heterocycles. The van der Waals surface area contributed by atoms with Gasteiger partial charge >= 0.3 is 59.2 Å². The van der Waals surface area contributed by atoms with E-state index < -0.39 is 12.2 Å². The Labute approximate surface area is 59.9 Å². The number of aliphatic hydroxyl groups excluding tert-OH is 3. The van der Waals surface area contributed by atoms with E-state index in [1.165, 1.54) is 0 Å². The van der Waals surface area contributed by atoms with E-state index in [-0.39, 0.29) is 26.4 Å². The summed E-state index contributed by atoms with van der Waals surface area (Å²) in [7, 11) is 0. The fourth-order valence-electron chi connectivity index (χ4n) is 0.828. The van der Waals surface area contributed by atoms with Gasteiger partial charge < -0.3 is 0 Å². The maximum atomic E-state index is 9.06. The number of hydrogen-bond acceptors (Lipinski definition) is 3. The molecule has 0 saturated carbocycles. The van der Waals surface area contributed by atoms with Gasteiger partial charge in [0.25, 0.3) is 0 Å². The van der Waals surface area contributed by atoms with E-state index in [1.807, 2.05) is 0 Å². The van der Waals surface area contributed by atoms with Crippen LogP contribution in [0.4, 0.5) is 0 Å². The zero-order valence-corrected chi connectivity index (χ0v) is 6.61. The molecule has 3 unspecified atom stereocenters. The van der Waals surface area contributed by atoms with Gasteiger partial charge in [0.05, 0.1) is 0 Å². The Morgan fingerprint density at radius 1 is 1.44 bits per heavy atom. The van der Waals surface area contributed by atoms with E-state index in [1.54, 1.807) is 0 Å². The molecule has 0 bridgehead atoms. The molecule has 3 atom stereocenters. The average Bonchev–Trinajstić information content (AvgIpc) is 2.15. The average molecular weight is 197 g/mol. The predicted molar refractivity (Wildman–Crippen MR) is 33.4 cm³/mol. The summed E-state index contributed by atoms with van der Waals surface area (Å²) < 4.78 is 0. The molecule has 1 aliphatic rings. The van der Waals surface area contributed by atoms with E-state index in [0.717, 1.165) is 0 Å². The molecule has 0 aromatic rings. The summed E-state index contributed by atoms with van der Waals surface area (Å²) in [5.74, 6) is 0. The standard InChI is InChI=1S/C5H10O3Se/c6-1-4-5(8)3(7)2-9-4/h3-8H,1-2H2. The van der Waals surface area contributed by atoms with E-state index in [4.69, 9.17) is 15.3 Å². The van der Waals surface area contributed by atoms with Crippen molar-refractivity contribution in [3.8, 4) is 0 Å². The molecule has 0 aromatic carbocycles. The van der Waals surface area contributed by atoms with Crippen LogP contribution in [0.15, 0.2) is 0 Å². The van der Waals surface area contributed by atoms with Gasteiger partial charge in [-0.25, -0.2) is 0 Å². The van der Waals surface area contributed by atoms with Gasteiger partial charge in [-0.15, -0.1) is 0 Å². The quantitative estimate of drug-likeness (QED) is 0.454. The van der Waals surface area contributed by atoms with Gasteiger partial charge in [-0.05, 0) is 0 Å². The Kier molecular flexibility index (Phi) is 2.49. The van der Waals surface area contributed by atoms with Crippen LogP contribution < -0.4 is 0 Å². The molecular weight excluding hydrogens is 187 g/mol. The first-order valence-electron chi connectivity index (χ1n) is 2.84. The van der Waals surface area contributed by atoms with E-state index >= 15 is 0 Å². The van der Waals surface area contributed by atoms with Gasteiger partial charge in [0.1, 0.15) is 0 Å². The van der Waals surface area contributed by atoms with Crippen LogP contribution in [0, 0.1) is 0 Å². The number of rotatable bonds is 1. The summed E-state index contributed by atoms with van der Waals surface area (Å²) in [6.07, 6.45) is -1.25. The third-order valence-corrected chi connectivity index (χ3v) is 4.35.